The first-order valence-corrected chi connectivity index (χ1v) is 8.84. The van der Waals surface area contributed by atoms with Crippen molar-refractivity contribution in [3.63, 3.8) is 0 Å². The summed E-state index contributed by atoms with van der Waals surface area (Å²) < 4.78 is 5.88. The fourth-order valence-corrected chi connectivity index (χ4v) is 3.76. The van der Waals surface area contributed by atoms with Crippen molar-refractivity contribution in [1.29, 1.82) is 0 Å². The van der Waals surface area contributed by atoms with E-state index >= 15 is 0 Å². The first kappa shape index (κ1) is 15.2. The Morgan fingerprint density at radius 1 is 1.25 bits per heavy atom. The molecule has 5 nitrogen and oxygen atoms in total. The van der Waals surface area contributed by atoms with Gasteiger partial charge in [0.1, 0.15) is 5.75 Å². The Bertz CT molecular complexity index is 711. The maximum absolute atomic E-state index is 12.8. The summed E-state index contributed by atoms with van der Waals surface area (Å²) in [7, 11) is 0. The SMILES string of the molecule is O=C(c1n[nH]c2c1CCC2)N1CCCC(COc2ccccc2)C1. The highest BCUT2D eigenvalue weighted by molar-refractivity contribution is 5.94. The van der Waals surface area contributed by atoms with Gasteiger partial charge in [0.15, 0.2) is 5.69 Å². The molecule has 2 aromatic rings. The molecule has 2 heterocycles. The highest BCUT2D eigenvalue weighted by Gasteiger charge is 2.30. The summed E-state index contributed by atoms with van der Waals surface area (Å²) in [5.41, 5.74) is 2.94. The van der Waals surface area contributed by atoms with E-state index in [2.05, 4.69) is 10.2 Å². The number of benzene rings is 1. The number of ether oxygens (including phenoxy) is 1. The number of aryl methyl sites for hydroxylation is 1. The number of hydrogen-bond acceptors (Lipinski definition) is 3. The lowest BCUT2D eigenvalue weighted by molar-refractivity contribution is 0.0626. The second kappa shape index (κ2) is 6.67. The van der Waals surface area contributed by atoms with Crippen LogP contribution in [0.4, 0.5) is 0 Å². The third-order valence-corrected chi connectivity index (χ3v) is 5.04. The maximum atomic E-state index is 12.8. The van der Waals surface area contributed by atoms with Crippen LogP contribution in [0.3, 0.4) is 0 Å². The second-order valence-corrected chi connectivity index (χ2v) is 6.77. The van der Waals surface area contributed by atoms with E-state index in [4.69, 9.17) is 4.74 Å². The first-order chi connectivity index (χ1) is 11.8. The summed E-state index contributed by atoms with van der Waals surface area (Å²) in [6, 6.07) is 9.88. The molecule has 1 saturated heterocycles. The van der Waals surface area contributed by atoms with Gasteiger partial charge in [-0.3, -0.25) is 9.89 Å². The highest BCUT2D eigenvalue weighted by Crippen LogP contribution is 2.26. The van der Waals surface area contributed by atoms with E-state index in [-0.39, 0.29) is 5.91 Å². The predicted molar refractivity (Wildman–Crippen MR) is 91.2 cm³/mol. The number of carbonyl (C=O) groups is 1. The monoisotopic (exact) mass is 325 g/mol. The summed E-state index contributed by atoms with van der Waals surface area (Å²) in [5.74, 6) is 1.36. The molecule has 2 aliphatic rings. The summed E-state index contributed by atoms with van der Waals surface area (Å²) in [5, 5.41) is 7.33. The van der Waals surface area contributed by atoms with Crippen LogP contribution in [-0.4, -0.2) is 40.7 Å². The molecule has 1 unspecified atom stereocenters. The number of nitrogens with one attached hydrogen (secondary N) is 1. The van der Waals surface area contributed by atoms with Gasteiger partial charge in [-0.1, -0.05) is 18.2 Å². The van der Waals surface area contributed by atoms with Crippen LogP contribution in [0.25, 0.3) is 0 Å². The number of amides is 1. The maximum Gasteiger partial charge on any atom is 0.274 e. The molecule has 0 radical (unpaired) electrons. The van der Waals surface area contributed by atoms with Crippen LogP contribution in [0.1, 0.15) is 41.0 Å². The lowest BCUT2D eigenvalue weighted by atomic mass is 9.98. The van der Waals surface area contributed by atoms with Crippen molar-refractivity contribution in [2.24, 2.45) is 5.92 Å². The third-order valence-electron chi connectivity index (χ3n) is 5.04. The Kier molecular flexibility index (Phi) is 4.24. The van der Waals surface area contributed by atoms with E-state index in [1.165, 1.54) is 0 Å². The lowest BCUT2D eigenvalue weighted by Gasteiger charge is -2.32. The molecular formula is C19H23N3O2. The number of fused-ring (bicyclic) bond motifs is 1. The van der Waals surface area contributed by atoms with Crippen LogP contribution >= 0.6 is 0 Å². The molecule has 24 heavy (non-hydrogen) atoms. The molecule has 0 bridgehead atoms. The molecular weight excluding hydrogens is 302 g/mol. The van der Waals surface area contributed by atoms with Crippen molar-refractivity contribution in [2.45, 2.75) is 32.1 Å². The lowest BCUT2D eigenvalue weighted by Crippen LogP contribution is -2.42. The van der Waals surface area contributed by atoms with Crippen LogP contribution in [0.2, 0.25) is 0 Å². The normalized spacial score (nSPS) is 20.0. The highest BCUT2D eigenvalue weighted by atomic mass is 16.5. The van der Waals surface area contributed by atoms with E-state index in [9.17, 15) is 4.79 Å². The van der Waals surface area contributed by atoms with E-state index in [1.807, 2.05) is 35.2 Å². The van der Waals surface area contributed by atoms with E-state index < -0.39 is 0 Å². The molecule has 126 valence electrons. The predicted octanol–water partition coefficient (Wildman–Crippen LogP) is 2.83. The minimum absolute atomic E-state index is 0.0822. The van der Waals surface area contributed by atoms with Gasteiger partial charge in [-0.25, -0.2) is 0 Å². The van der Waals surface area contributed by atoms with Crippen molar-refractivity contribution in [3.8, 4) is 5.75 Å². The summed E-state index contributed by atoms with van der Waals surface area (Å²) in [6.45, 7) is 2.24. The summed E-state index contributed by atoms with van der Waals surface area (Å²) in [6.07, 6.45) is 5.25. The van der Waals surface area contributed by atoms with Crippen molar-refractivity contribution in [2.75, 3.05) is 19.7 Å². The number of aromatic amines is 1. The Labute approximate surface area is 142 Å². The number of likely N-dealkylation sites (tertiary alicyclic amines) is 1. The van der Waals surface area contributed by atoms with Crippen LogP contribution in [0.15, 0.2) is 30.3 Å². The minimum atomic E-state index is 0.0822. The topological polar surface area (TPSA) is 58.2 Å². The van der Waals surface area contributed by atoms with Crippen LogP contribution in [0, 0.1) is 5.92 Å². The number of carbonyl (C=O) groups excluding carboxylic acids is 1. The van der Waals surface area contributed by atoms with Gasteiger partial charge in [0.25, 0.3) is 5.91 Å². The average Bonchev–Trinajstić information content (AvgIpc) is 3.24. The van der Waals surface area contributed by atoms with Crippen LogP contribution in [0.5, 0.6) is 5.75 Å². The van der Waals surface area contributed by atoms with Crippen LogP contribution < -0.4 is 4.74 Å². The fourth-order valence-electron chi connectivity index (χ4n) is 3.76. The molecule has 1 N–H and O–H groups in total. The Balaban J connectivity index is 1.38. The number of H-pyrrole nitrogens is 1. The number of hydrogen-bond donors (Lipinski definition) is 1. The third kappa shape index (κ3) is 3.03. The van der Waals surface area contributed by atoms with Gasteiger partial charge in [0.05, 0.1) is 6.61 Å². The van der Waals surface area contributed by atoms with Crippen molar-refractivity contribution >= 4 is 5.91 Å². The molecule has 1 fully saturated rings. The smallest absolute Gasteiger partial charge is 0.274 e. The van der Waals surface area contributed by atoms with Gasteiger partial charge in [0.2, 0.25) is 0 Å². The Morgan fingerprint density at radius 2 is 2.12 bits per heavy atom. The fraction of sp³-hybridized carbons (Fsp3) is 0.474. The zero-order valence-corrected chi connectivity index (χ0v) is 13.8. The molecule has 1 aliphatic carbocycles. The van der Waals surface area contributed by atoms with E-state index in [1.54, 1.807) is 0 Å². The largest absolute Gasteiger partial charge is 0.493 e. The Morgan fingerprint density at radius 3 is 3.00 bits per heavy atom. The number of piperidine rings is 1. The first-order valence-electron chi connectivity index (χ1n) is 8.84. The number of aromatic nitrogens is 2. The molecule has 1 aromatic heterocycles. The van der Waals surface area contributed by atoms with E-state index in [0.29, 0.717) is 18.2 Å². The van der Waals surface area contributed by atoms with Gasteiger partial charge < -0.3 is 9.64 Å². The molecule has 4 rings (SSSR count). The van der Waals surface area contributed by atoms with Crippen molar-refractivity contribution in [3.05, 3.63) is 47.3 Å². The molecule has 0 saturated carbocycles. The minimum Gasteiger partial charge on any atom is -0.493 e. The summed E-state index contributed by atoms with van der Waals surface area (Å²) in [4.78, 5) is 14.8. The molecule has 0 spiro atoms. The average molecular weight is 325 g/mol. The van der Waals surface area contributed by atoms with Gasteiger partial charge in [-0.05, 0) is 44.2 Å². The summed E-state index contributed by atoms with van der Waals surface area (Å²) >= 11 is 0. The Hall–Kier alpha value is -2.30. The molecule has 1 aromatic carbocycles. The zero-order chi connectivity index (χ0) is 16.4. The quantitative estimate of drug-likeness (QED) is 0.940. The van der Waals surface area contributed by atoms with Gasteiger partial charge in [-0.15, -0.1) is 0 Å². The van der Waals surface area contributed by atoms with Gasteiger partial charge in [-0.2, -0.15) is 5.10 Å². The zero-order valence-electron chi connectivity index (χ0n) is 13.8. The van der Waals surface area contributed by atoms with Crippen LogP contribution in [-0.2, 0) is 12.8 Å². The van der Waals surface area contributed by atoms with Gasteiger partial charge in [0, 0.05) is 30.3 Å². The molecule has 1 atom stereocenters. The molecule has 1 amide bonds. The van der Waals surface area contributed by atoms with Crippen molar-refractivity contribution in [1.82, 2.24) is 15.1 Å². The number of para-hydroxylation sites is 1. The standard InChI is InChI=1S/C19H23N3O2/c23-19(18-16-9-4-10-17(16)20-21-18)22-11-5-6-14(12-22)13-24-15-7-2-1-3-8-15/h1-3,7-8,14H,4-6,9-13H2,(H,20,21). The van der Waals surface area contributed by atoms with Crippen molar-refractivity contribution < 1.29 is 9.53 Å². The van der Waals surface area contributed by atoms with Gasteiger partial charge >= 0.3 is 0 Å². The molecule has 1 aliphatic heterocycles. The van der Waals surface area contributed by atoms with E-state index in [0.717, 1.165) is 62.2 Å². The number of nitrogens with zero attached hydrogens (tertiary/aromatic N) is 2. The molecule has 5 heteroatoms. The number of rotatable bonds is 4. The second-order valence-electron chi connectivity index (χ2n) is 6.77.